The molecule has 1 aliphatic rings. The molecule has 0 unspecified atom stereocenters. The number of pyridine rings is 1. The molecule has 3 N–H and O–H groups in total. The van der Waals surface area contributed by atoms with Gasteiger partial charge in [0.15, 0.2) is 0 Å². The lowest BCUT2D eigenvalue weighted by molar-refractivity contribution is 0.100. The van der Waals surface area contributed by atoms with Crippen molar-refractivity contribution in [3.8, 4) is 23.0 Å². The third kappa shape index (κ3) is 3.98. The number of primary amides is 1. The highest BCUT2D eigenvalue weighted by molar-refractivity contribution is 6.08. The van der Waals surface area contributed by atoms with Crippen LogP contribution >= 0.6 is 0 Å². The van der Waals surface area contributed by atoms with Gasteiger partial charge in [0.25, 0.3) is 5.91 Å². The van der Waals surface area contributed by atoms with Crippen LogP contribution in [-0.4, -0.2) is 35.1 Å². The van der Waals surface area contributed by atoms with Crippen molar-refractivity contribution in [1.82, 2.24) is 15.0 Å². The number of amides is 1. The van der Waals surface area contributed by atoms with Gasteiger partial charge in [-0.1, -0.05) is 30.7 Å². The lowest BCUT2D eigenvalue weighted by atomic mass is 9.80. The Morgan fingerprint density at radius 1 is 1.06 bits per heavy atom. The van der Waals surface area contributed by atoms with Crippen molar-refractivity contribution in [3.05, 3.63) is 66.0 Å². The van der Waals surface area contributed by atoms with Crippen molar-refractivity contribution in [3.63, 3.8) is 0 Å². The van der Waals surface area contributed by atoms with Gasteiger partial charge in [-0.15, -0.1) is 0 Å². The number of nitrogens with zero attached hydrogens (tertiary/aromatic N) is 3. The summed E-state index contributed by atoms with van der Waals surface area (Å²) in [5, 5.41) is 4.21. The molecule has 2 aromatic heterocycles. The summed E-state index contributed by atoms with van der Waals surface area (Å²) in [7, 11) is 3.05. The van der Waals surface area contributed by atoms with E-state index < -0.39 is 5.91 Å². The molecule has 0 saturated heterocycles. The number of carbonyl (C=O) groups is 1. The SMILES string of the molecule is COc1ncc(-c2ccc3c(Nc4cccc(C5CCC5)c4)c(C(N)=O)cnc3c2)c(OC)n1. The summed E-state index contributed by atoms with van der Waals surface area (Å²) in [6, 6.07) is 14.3. The number of benzene rings is 2. The Balaban J connectivity index is 1.58. The van der Waals surface area contributed by atoms with Crippen LogP contribution in [0.25, 0.3) is 22.0 Å². The van der Waals surface area contributed by atoms with Gasteiger partial charge in [-0.2, -0.15) is 4.98 Å². The predicted molar refractivity (Wildman–Crippen MR) is 131 cm³/mol. The van der Waals surface area contributed by atoms with Crippen LogP contribution in [0.3, 0.4) is 0 Å². The van der Waals surface area contributed by atoms with E-state index in [2.05, 4.69) is 32.4 Å². The zero-order valence-electron chi connectivity index (χ0n) is 19.0. The van der Waals surface area contributed by atoms with E-state index >= 15 is 0 Å². The largest absolute Gasteiger partial charge is 0.480 e. The van der Waals surface area contributed by atoms with Crippen LogP contribution < -0.4 is 20.5 Å². The van der Waals surface area contributed by atoms with E-state index in [-0.39, 0.29) is 6.01 Å². The highest BCUT2D eigenvalue weighted by Crippen LogP contribution is 2.38. The Morgan fingerprint density at radius 2 is 1.91 bits per heavy atom. The van der Waals surface area contributed by atoms with Crippen molar-refractivity contribution in [2.75, 3.05) is 19.5 Å². The van der Waals surface area contributed by atoms with Gasteiger partial charge in [0.2, 0.25) is 5.88 Å². The lowest BCUT2D eigenvalue weighted by Crippen LogP contribution is -2.14. The molecule has 8 nitrogen and oxygen atoms in total. The Morgan fingerprint density at radius 3 is 2.62 bits per heavy atom. The highest BCUT2D eigenvalue weighted by Gasteiger charge is 2.20. The minimum atomic E-state index is -0.540. The van der Waals surface area contributed by atoms with E-state index in [4.69, 9.17) is 15.2 Å². The molecule has 4 aromatic rings. The molecule has 0 aliphatic heterocycles. The summed E-state index contributed by atoms with van der Waals surface area (Å²) >= 11 is 0. The molecule has 1 aliphatic carbocycles. The molecule has 2 aromatic carbocycles. The first-order valence-corrected chi connectivity index (χ1v) is 11.1. The monoisotopic (exact) mass is 455 g/mol. The van der Waals surface area contributed by atoms with E-state index in [9.17, 15) is 4.79 Å². The fraction of sp³-hybridized carbons (Fsp3) is 0.231. The molecular weight excluding hydrogens is 430 g/mol. The molecule has 8 heteroatoms. The summed E-state index contributed by atoms with van der Waals surface area (Å²) in [6.45, 7) is 0. The first-order chi connectivity index (χ1) is 16.6. The molecule has 2 heterocycles. The molecular formula is C26H25N5O3. The molecule has 1 amide bonds. The van der Waals surface area contributed by atoms with Gasteiger partial charge in [0.05, 0.1) is 36.6 Å². The summed E-state index contributed by atoms with van der Waals surface area (Å²) in [6.07, 6.45) is 6.86. The molecule has 0 spiro atoms. The number of ether oxygens (including phenoxy) is 2. The number of anilines is 2. The first-order valence-electron chi connectivity index (χ1n) is 11.1. The van der Waals surface area contributed by atoms with Crippen LogP contribution in [0.5, 0.6) is 11.9 Å². The van der Waals surface area contributed by atoms with Gasteiger partial charge in [0.1, 0.15) is 0 Å². The van der Waals surface area contributed by atoms with Crippen molar-refractivity contribution in [2.45, 2.75) is 25.2 Å². The van der Waals surface area contributed by atoms with Crippen LogP contribution in [0.2, 0.25) is 0 Å². The normalized spacial score (nSPS) is 13.4. The number of carbonyl (C=O) groups excluding carboxylic acids is 1. The van der Waals surface area contributed by atoms with Gasteiger partial charge in [-0.3, -0.25) is 9.78 Å². The molecule has 0 atom stereocenters. The van der Waals surface area contributed by atoms with Crippen molar-refractivity contribution in [1.29, 1.82) is 0 Å². The number of hydrogen-bond donors (Lipinski definition) is 2. The third-order valence-corrected chi connectivity index (χ3v) is 6.29. The first kappa shape index (κ1) is 21.6. The minimum absolute atomic E-state index is 0.223. The van der Waals surface area contributed by atoms with Crippen molar-refractivity contribution in [2.24, 2.45) is 5.73 Å². The molecule has 0 radical (unpaired) electrons. The molecule has 5 rings (SSSR count). The Labute approximate surface area is 197 Å². The second-order valence-electron chi connectivity index (χ2n) is 8.30. The lowest BCUT2D eigenvalue weighted by Gasteiger charge is -2.26. The van der Waals surface area contributed by atoms with Crippen LogP contribution in [0.4, 0.5) is 11.4 Å². The maximum Gasteiger partial charge on any atom is 0.319 e. The minimum Gasteiger partial charge on any atom is -0.480 e. The third-order valence-electron chi connectivity index (χ3n) is 6.29. The van der Waals surface area contributed by atoms with E-state index in [0.29, 0.717) is 34.1 Å². The highest BCUT2D eigenvalue weighted by atomic mass is 16.5. The van der Waals surface area contributed by atoms with Crippen LogP contribution in [0.1, 0.15) is 41.1 Å². The number of rotatable bonds is 7. The summed E-state index contributed by atoms with van der Waals surface area (Å²) < 4.78 is 10.5. The summed E-state index contributed by atoms with van der Waals surface area (Å²) in [4.78, 5) is 25.2. The fourth-order valence-corrected chi connectivity index (χ4v) is 4.24. The summed E-state index contributed by atoms with van der Waals surface area (Å²) in [5.74, 6) is 0.461. The fourth-order valence-electron chi connectivity index (χ4n) is 4.24. The van der Waals surface area contributed by atoms with Gasteiger partial charge in [0, 0.05) is 23.5 Å². The quantitative estimate of drug-likeness (QED) is 0.411. The standard InChI is InChI=1S/C26H25N5O3/c1-33-25-20(13-29-26(31-25)34-2)17-9-10-19-22(12-17)28-14-21(24(27)32)23(19)30-18-8-4-7-16(11-18)15-5-3-6-15/h4,7-15H,3,5-6H2,1-2H3,(H2,27,32)(H,28,30). The Bertz CT molecular complexity index is 1380. The predicted octanol–water partition coefficient (Wildman–Crippen LogP) is 4.82. The van der Waals surface area contributed by atoms with E-state index in [1.807, 2.05) is 30.3 Å². The van der Waals surface area contributed by atoms with E-state index in [0.717, 1.165) is 16.6 Å². The number of fused-ring (bicyclic) bond motifs is 1. The molecule has 1 fully saturated rings. The smallest absolute Gasteiger partial charge is 0.319 e. The van der Waals surface area contributed by atoms with E-state index in [1.165, 1.54) is 38.1 Å². The average Bonchev–Trinajstić information content (AvgIpc) is 2.82. The zero-order chi connectivity index (χ0) is 23.7. The molecule has 172 valence electrons. The van der Waals surface area contributed by atoms with Crippen molar-refractivity contribution < 1.29 is 14.3 Å². The maximum absolute atomic E-state index is 12.2. The molecule has 1 saturated carbocycles. The second-order valence-corrected chi connectivity index (χ2v) is 8.30. The number of hydrogen-bond acceptors (Lipinski definition) is 7. The Hall–Kier alpha value is -4.20. The number of nitrogens with one attached hydrogen (secondary N) is 1. The zero-order valence-corrected chi connectivity index (χ0v) is 19.0. The molecule has 34 heavy (non-hydrogen) atoms. The number of nitrogens with two attached hydrogens (primary N) is 1. The number of aromatic nitrogens is 3. The van der Waals surface area contributed by atoms with E-state index in [1.54, 1.807) is 13.3 Å². The van der Waals surface area contributed by atoms with Crippen molar-refractivity contribution >= 4 is 28.2 Å². The topological polar surface area (TPSA) is 112 Å². The average molecular weight is 456 g/mol. The number of methoxy groups -OCH3 is 2. The Kier molecular flexibility index (Phi) is 5.71. The van der Waals surface area contributed by atoms with Crippen LogP contribution in [0, 0.1) is 0 Å². The van der Waals surface area contributed by atoms with Crippen LogP contribution in [0.15, 0.2) is 54.9 Å². The summed E-state index contributed by atoms with van der Waals surface area (Å²) in [5.41, 5.74) is 11.1. The van der Waals surface area contributed by atoms with Gasteiger partial charge < -0.3 is 20.5 Å². The van der Waals surface area contributed by atoms with Gasteiger partial charge in [-0.05, 0) is 48.1 Å². The maximum atomic E-state index is 12.2. The van der Waals surface area contributed by atoms with Gasteiger partial charge in [-0.25, -0.2) is 4.98 Å². The molecule has 0 bridgehead atoms. The van der Waals surface area contributed by atoms with Gasteiger partial charge >= 0.3 is 6.01 Å². The van der Waals surface area contributed by atoms with Crippen LogP contribution in [-0.2, 0) is 0 Å². The second kappa shape index (κ2) is 8.97.